The molecule has 113 valence electrons. The third-order valence-electron chi connectivity index (χ3n) is 3.46. The molecule has 0 aliphatic heterocycles. The van der Waals surface area contributed by atoms with E-state index in [-0.39, 0.29) is 23.0 Å². The van der Waals surface area contributed by atoms with Gasteiger partial charge in [-0.25, -0.2) is 0 Å². The molecule has 0 aliphatic rings. The number of hydrogen-bond acceptors (Lipinski definition) is 3. The molecular weight excluding hydrogens is 268 g/mol. The summed E-state index contributed by atoms with van der Waals surface area (Å²) in [7, 11) is 0. The van der Waals surface area contributed by atoms with Gasteiger partial charge in [-0.3, -0.25) is 20.1 Å². The summed E-state index contributed by atoms with van der Waals surface area (Å²) in [5.41, 5.74) is 7.70. The van der Waals surface area contributed by atoms with Crippen molar-refractivity contribution in [3.05, 3.63) is 29.3 Å². The van der Waals surface area contributed by atoms with E-state index in [2.05, 4.69) is 12.2 Å². The number of nitrogens with one attached hydrogen (secondary N) is 2. The lowest BCUT2D eigenvalue weighted by Gasteiger charge is -2.15. The van der Waals surface area contributed by atoms with Gasteiger partial charge in [-0.2, -0.15) is 0 Å². The van der Waals surface area contributed by atoms with Crippen molar-refractivity contribution < 1.29 is 14.4 Å². The van der Waals surface area contributed by atoms with Crippen LogP contribution in [-0.4, -0.2) is 18.1 Å². The van der Waals surface area contributed by atoms with E-state index < -0.39 is 5.91 Å². The van der Waals surface area contributed by atoms with Crippen LogP contribution in [0.1, 0.15) is 60.2 Å². The van der Waals surface area contributed by atoms with E-state index >= 15 is 0 Å². The Labute approximate surface area is 124 Å². The first-order chi connectivity index (χ1) is 10.0. The lowest BCUT2D eigenvalue weighted by atomic mass is 9.98. The summed E-state index contributed by atoms with van der Waals surface area (Å²) < 4.78 is 0. The maximum absolute atomic E-state index is 12.2. The number of hydrogen-bond donors (Lipinski definition) is 1. The molecule has 0 saturated heterocycles. The molecule has 2 amide bonds. The number of amides is 2. The summed E-state index contributed by atoms with van der Waals surface area (Å²) >= 11 is 0. The van der Waals surface area contributed by atoms with Crippen molar-refractivity contribution in [1.82, 2.24) is 5.73 Å². The van der Waals surface area contributed by atoms with E-state index in [9.17, 15) is 14.4 Å². The minimum absolute atomic E-state index is 0.0426. The van der Waals surface area contributed by atoms with Crippen LogP contribution in [0, 0.1) is 5.92 Å². The highest BCUT2D eigenvalue weighted by Crippen LogP contribution is 2.18. The lowest BCUT2D eigenvalue weighted by Crippen LogP contribution is -2.22. The number of unbranched alkanes of at least 4 members (excludes halogenated alkanes) is 1. The average Bonchev–Trinajstić information content (AvgIpc) is 2.47. The van der Waals surface area contributed by atoms with Crippen LogP contribution in [-0.2, 0) is 4.79 Å². The first kappa shape index (κ1) is 16.9. The minimum Gasteiger partial charge on any atom is -0.326 e. The molecule has 0 heterocycles. The Morgan fingerprint density at radius 2 is 2.05 bits per heavy atom. The molecule has 5 nitrogen and oxygen atoms in total. The average molecular weight is 289 g/mol. The van der Waals surface area contributed by atoms with Crippen LogP contribution in [0.3, 0.4) is 0 Å². The number of carbonyl (C=O) groups is 3. The van der Waals surface area contributed by atoms with Gasteiger partial charge in [0.25, 0.3) is 5.91 Å². The fourth-order valence-corrected chi connectivity index (χ4v) is 2.16. The number of carbonyl (C=O) groups excluding carboxylic acids is 3. The van der Waals surface area contributed by atoms with E-state index in [0.717, 1.165) is 25.7 Å². The van der Waals surface area contributed by atoms with Crippen LogP contribution in [0.5, 0.6) is 0 Å². The zero-order valence-corrected chi connectivity index (χ0v) is 12.4. The van der Waals surface area contributed by atoms with Gasteiger partial charge in [0.05, 0.1) is 5.56 Å². The fourth-order valence-electron chi connectivity index (χ4n) is 2.16. The monoisotopic (exact) mass is 289 g/mol. The van der Waals surface area contributed by atoms with Gasteiger partial charge in [0.1, 0.15) is 0 Å². The molecule has 0 fully saturated rings. The largest absolute Gasteiger partial charge is 0.326 e. The number of aldehydes is 1. The Kier molecular flexibility index (Phi) is 6.59. The van der Waals surface area contributed by atoms with E-state index in [4.69, 9.17) is 5.73 Å². The van der Waals surface area contributed by atoms with Crippen molar-refractivity contribution in [3.8, 4) is 0 Å². The van der Waals surface area contributed by atoms with Gasteiger partial charge in [-0.15, -0.1) is 0 Å². The Morgan fingerprint density at radius 1 is 1.33 bits per heavy atom. The van der Waals surface area contributed by atoms with Crippen molar-refractivity contribution in [2.24, 2.45) is 5.92 Å². The summed E-state index contributed by atoms with van der Waals surface area (Å²) in [6, 6.07) is 4.36. The summed E-state index contributed by atoms with van der Waals surface area (Å²) in [5, 5.41) is 2.77. The van der Waals surface area contributed by atoms with Crippen molar-refractivity contribution in [3.63, 3.8) is 0 Å². The van der Waals surface area contributed by atoms with Gasteiger partial charge >= 0.3 is 0 Å². The third kappa shape index (κ3) is 4.70. The van der Waals surface area contributed by atoms with E-state index in [1.54, 1.807) is 6.07 Å². The van der Waals surface area contributed by atoms with E-state index in [1.807, 2.05) is 6.92 Å². The predicted molar refractivity (Wildman–Crippen MR) is 81.2 cm³/mol. The first-order valence-corrected chi connectivity index (χ1v) is 7.19. The summed E-state index contributed by atoms with van der Waals surface area (Å²) in [5.74, 6) is -1.04. The van der Waals surface area contributed by atoms with Crippen LogP contribution < -0.4 is 11.1 Å². The normalized spacial score (nSPS) is 11.7. The van der Waals surface area contributed by atoms with Gasteiger partial charge in [-0.1, -0.05) is 26.7 Å². The van der Waals surface area contributed by atoms with Crippen LogP contribution in [0.2, 0.25) is 0 Å². The molecule has 0 bridgehead atoms. The molecule has 1 aromatic carbocycles. The number of benzene rings is 1. The van der Waals surface area contributed by atoms with Gasteiger partial charge in [0.2, 0.25) is 5.91 Å². The predicted octanol–water partition coefficient (Wildman–Crippen LogP) is 3.08. The highest BCUT2D eigenvalue weighted by Gasteiger charge is 2.17. The zero-order chi connectivity index (χ0) is 15.8. The maximum atomic E-state index is 12.2. The van der Waals surface area contributed by atoms with E-state index in [1.165, 1.54) is 12.1 Å². The molecule has 1 aromatic rings. The van der Waals surface area contributed by atoms with Crippen LogP contribution >= 0.6 is 0 Å². The molecule has 0 aromatic heterocycles. The summed E-state index contributed by atoms with van der Waals surface area (Å²) in [6.45, 7) is 4.05. The van der Waals surface area contributed by atoms with Crippen molar-refractivity contribution in [2.45, 2.75) is 39.5 Å². The highest BCUT2D eigenvalue weighted by atomic mass is 16.2. The minimum atomic E-state index is -0.913. The molecule has 0 saturated carbocycles. The molecule has 21 heavy (non-hydrogen) atoms. The molecular formula is C16H21N2O3. The molecule has 2 N–H and O–H groups in total. The maximum Gasteiger partial charge on any atom is 0.270 e. The number of rotatable bonds is 8. The van der Waals surface area contributed by atoms with Gasteiger partial charge in [0.15, 0.2) is 6.29 Å². The number of anilines is 1. The quantitative estimate of drug-likeness (QED) is 0.746. The van der Waals surface area contributed by atoms with Crippen molar-refractivity contribution >= 4 is 23.8 Å². The Morgan fingerprint density at radius 3 is 2.57 bits per heavy atom. The van der Waals surface area contributed by atoms with Crippen molar-refractivity contribution in [1.29, 1.82) is 0 Å². The van der Waals surface area contributed by atoms with Gasteiger partial charge < -0.3 is 5.32 Å². The highest BCUT2D eigenvalue weighted by molar-refractivity contribution is 6.01. The van der Waals surface area contributed by atoms with Crippen molar-refractivity contribution in [2.75, 3.05) is 5.32 Å². The molecule has 1 rings (SSSR count). The fraction of sp³-hybridized carbons (Fsp3) is 0.438. The molecule has 1 unspecified atom stereocenters. The Bertz CT molecular complexity index is 526. The summed E-state index contributed by atoms with van der Waals surface area (Å²) in [4.78, 5) is 34.2. The summed E-state index contributed by atoms with van der Waals surface area (Å²) in [6.07, 6.45) is 4.15. The van der Waals surface area contributed by atoms with Crippen LogP contribution in [0.4, 0.5) is 5.69 Å². The zero-order valence-electron chi connectivity index (χ0n) is 12.4. The Hall–Kier alpha value is -2.17. The second kappa shape index (κ2) is 8.19. The van der Waals surface area contributed by atoms with Gasteiger partial charge in [0, 0.05) is 17.2 Å². The SMILES string of the molecule is CCCCC(CC)C(=O)Nc1ccc(C([NH])=O)c(C=O)c1. The molecule has 0 spiro atoms. The molecule has 1 radical (unpaired) electrons. The topological polar surface area (TPSA) is 87.0 Å². The van der Waals surface area contributed by atoms with E-state index in [0.29, 0.717) is 12.0 Å². The molecule has 0 aliphatic carbocycles. The lowest BCUT2D eigenvalue weighted by molar-refractivity contribution is -0.120. The first-order valence-electron chi connectivity index (χ1n) is 7.19. The Balaban J connectivity index is 2.85. The second-order valence-corrected chi connectivity index (χ2v) is 4.99. The smallest absolute Gasteiger partial charge is 0.270 e. The third-order valence-corrected chi connectivity index (χ3v) is 3.46. The second-order valence-electron chi connectivity index (χ2n) is 4.99. The van der Waals surface area contributed by atoms with Crippen LogP contribution in [0.15, 0.2) is 18.2 Å². The van der Waals surface area contributed by atoms with Crippen LogP contribution in [0.25, 0.3) is 0 Å². The molecule has 1 atom stereocenters. The standard InChI is InChI=1S/C16H21N2O3/c1-3-5-6-11(4-2)16(21)18-13-7-8-14(15(17)20)12(9-13)10-19/h7-11,17H,3-6H2,1-2H3,(H,18,21). The van der Waals surface area contributed by atoms with Gasteiger partial charge in [-0.05, 0) is 31.0 Å². The molecule has 5 heteroatoms.